The normalized spacial score (nSPS) is 12.1. The molecule has 0 atom stereocenters. The summed E-state index contributed by atoms with van der Waals surface area (Å²) in [5, 5.41) is 17.1. The van der Waals surface area contributed by atoms with Crippen LogP contribution in [0.3, 0.4) is 0 Å². The Morgan fingerprint density at radius 2 is 1.76 bits per heavy atom. The number of rotatable bonds is 7. The number of aromatic nitrogens is 1. The zero-order valence-corrected chi connectivity index (χ0v) is 25.9. The predicted octanol–water partition coefficient (Wildman–Crippen LogP) is 6.17. The number of carboxylic acid groups (broad SMARTS) is 1. The van der Waals surface area contributed by atoms with Crippen molar-refractivity contribution in [1.29, 1.82) is 0 Å². The number of carbonyl (C=O) groups is 4. The van der Waals surface area contributed by atoms with Crippen LogP contribution in [0.15, 0.2) is 60.0 Å². The van der Waals surface area contributed by atoms with Crippen molar-refractivity contribution in [2.75, 3.05) is 19.0 Å². The highest BCUT2D eigenvalue weighted by molar-refractivity contribution is 7.13. The minimum Gasteiger partial charge on any atom is -0.493 e. The number of aromatic carboxylic acids is 1. The van der Waals surface area contributed by atoms with Gasteiger partial charge in [0.15, 0.2) is 5.69 Å². The van der Waals surface area contributed by atoms with Gasteiger partial charge in [-0.25, -0.2) is 19.4 Å². The Kier molecular flexibility index (Phi) is 8.87. The molecule has 2 aromatic heterocycles. The molecule has 0 unspecified atom stereocenters. The van der Waals surface area contributed by atoms with Gasteiger partial charge >= 0.3 is 18.0 Å². The van der Waals surface area contributed by atoms with Crippen LogP contribution >= 0.6 is 11.3 Å². The van der Waals surface area contributed by atoms with Gasteiger partial charge in [-0.05, 0) is 79.7 Å². The van der Waals surface area contributed by atoms with Crippen molar-refractivity contribution < 1.29 is 38.5 Å². The Hall–Kier alpha value is -5.23. The number of nitrogens with one attached hydrogen (secondary N) is 2. The van der Waals surface area contributed by atoms with Crippen LogP contribution in [0.2, 0.25) is 0 Å². The molecule has 1 aliphatic heterocycles. The second kappa shape index (κ2) is 12.8. The molecule has 0 fully saturated rings. The van der Waals surface area contributed by atoms with E-state index in [9.17, 15) is 24.3 Å². The zero-order chi connectivity index (χ0) is 32.3. The number of nitrogens with zero attached hydrogens (tertiary/aromatic N) is 1. The quantitative estimate of drug-likeness (QED) is 0.204. The second-order valence-corrected chi connectivity index (χ2v) is 12.1. The number of hydrogen-bond acceptors (Lipinski definition) is 9. The number of fused-ring (bicyclic) bond motifs is 3. The molecule has 2 amide bonds. The lowest BCUT2D eigenvalue weighted by atomic mass is 9.93. The monoisotopic (exact) mass is 629 g/mol. The molecular formula is C33H31N3O8S. The topological polar surface area (TPSA) is 153 Å². The number of anilines is 1. The SMILES string of the molecule is COC(=O)c1nc(C(=O)O)ccc1-c1cc2c(cc1C(=O)Nc1ccc(CNC(=O)OC(C)(C)C)cc1)-c1sccc1CCO2. The molecule has 5 rings (SSSR count). The van der Waals surface area contributed by atoms with Crippen molar-refractivity contribution in [1.82, 2.24) is 10.3 Å². The van der Waals surface area contributed by atoms with Crippen LogP contribution in [0.25, 0.3) is 21.6 Å². The van der Waals surface area contributed by atoms with Gasteiger partial charge in [0.05, 0.1) is 13.7 Å². The maximum Gasteiger partial charge on any atom is 0.407 e. The maximum absolute atomic E-state index is 13.9. The second-order valence-electron chi connectivity index (χ2n) is 11.2. The number of methoxy groups -OCH3 is 1. The predicted molar refractivity (Wildman–Crippen MR) is 168 cm³/mol. The van der Waals surface area contributed by atoms with Crippen LogP contribution < -0.4 is 15.4 Å². The molecular weight excluding hydrogens is 598 g/mol. The van der Waals surface area contributed by atoms with E-state index >= 15 is 0 Å². The molecule has 0 radical (unpaired) electrons. The molecule has 12 heteroatoms. The van der Waals surface area contributed by atoms with E-state index in [0.717, 1.165) is 21.6 Å². The van der Waals surface area contributed by atoms with E-state index in [2.05, 4.69) is 15.6 Å². The van der Waals surface area contributed by atoms with Crippen molar-refractivity contribution in [3.8, 4) is 27.3 Å². The third-order valence-electron chi connectivity index (χ3n) is 6.82. The Balaban J connectivity index is 1.51. The number of hydrogen-bond donors (Lipinski definition) is 3. The summed E-state index contributed by atoms with van der Waals surface area (Å²) in [6, 6.07) is 15.0. The van der Waals surface area contributed by atoms with Crippen molar-refractivity contribution in [2.24, 2.45) is 0 Å². The summed E-state index contributed by atoms with van der Waals surface area (Å²) in [4.78, 5) is 55.4. The van der Waals surface area contributed by atoms with Gasteiger partial charge in [0.25, 0.3) is 5.91 Å². The zero-order valence-electron chi connectivity index (χ0n) is 25.1. The third-order valence-corrected chi connectivity index (χ3v) is 7.81. The standard InChI is InChI=1S/C33H31N3O8S/c1-33(2,3)44-32(41)34-17-18-5-7-20(8-6-18)35-29(37)23-15-24-26(43-13-11-19-12-14-45-28(19)24)16-22(23)21-9-10-25(30(38)39)36-27(21)31(40)42-4/h5-10,12,14-16H,11,13,17H2,1-4H3,(H,34,41)(H,35,37)(H,38,39). The van der Waals surface area contributed by atoms with Crippen LogP contribution in [-0.4, -0.2) is 53.3 Å². The lowest BCUT2D eigenvalue weighted by molar-refractivity contribution is 0.0521. The van der Waals surface area contributed by atoms with E-state index in [-0.39, 0.29) is 29.1 Å². The average molecular weight is 630 g/mol. The molecule has 0 saturated heterocycles. The summed E-state index contributed by atoms with van der Waals surface area (Å²) in [6.07, 6.45) is 0.146. The van der Waals surface area contributed by atoms with Gasteiger partial charge in [0.1, 0.15) is 17.0 Å². The number of amides is 2. The Bertz CT molecular complexity index is 1790. The number of ether oxygens (including phenoxy) is 3. The largest absolute Gasteiger partial charge is 0.493 e. The highest BCUT2D eigenvalue weighted by atomic mass is 32.1. The summed E-state index contributed by atoms with van der Waals surface area (Å²) in [7, 11) is 1.17. The van der Waals surface area contributed by atoms with Crippen LogP contribution in [0.4, 0.5) is 10.5 Å². The van der Waals surface area contributed by atoms with Gasteiger partial charge < -0.3 is 30.0 Å². The lowest BCUT2D eigenvalue weighted by Gasteiger charge is -2.19. The van der Waals surface area contributed by atoms with E-state index in [1.165, 1.54) is 30.6 Å². The molecule has 1 aliphatic rings. The van der Waals surface area contributed by atoms with Gasteiger partial charge in [-0.3, -0.25) is 4.79 Å². The molecule has 4 aromatic rings. The average Bonchev–Trinajstić information content (AvgIpc) is 3.40. The van der Waals surface area contributed by atoms with Gasteiger partial charge in [0, 0.05) is 45.8 Å². The van der Waals surface area contributed by atoms with E-state index in [1.54, 1.807) is 57.2 Å². The molecule has 3 N–H and O–H groups in total. The Morgan fingerprint density at radius 3 is 2.44 bits per heavy atom. The first-order valence-corrected chi connectivity index (χ1v) is 14.9. The van der Waals surface area contributed by atoms with Crippen molar-refractivity contribution >= 4 is 41.0 Å². The number of alkyl carbamates (subject to hydrolysis) is 1. The number of pyridine rings is 1. The molecule has 0 aliphatic carbocycles. The fourth-order valence-corrected chi connectivity index (χ4v) is 5.74. The molecule has 45 heavy (non-hydrogen) atoms. The van der Waals surface area contributed by atoms with Gasteiger partial charge in [-0.1, -0.05) is 12.1 Å². The smallest absolute Gasteiger partial charge is 0.407 e. The van der Waals surface area contributed by atoms with Crippen molar-refractivity contribution in [3.63, 3.8) is 0 Å². The number of esters is 1. The van der Waals surface area contributed by atoms with Gasteiger partial charge in [-0.2, -0.15) is 0 Å². The molecule has 3 heterocycles. The molecule has 2 aromatic carbocycles. The van der Waals surface area contributed by atoms with E-state index in [4.69, 9.17) is 14.2 Å². The van der Waals surface area contributed by atoms with E-state index in [0.29, 0.717) is 30.0 Å². The maximum atomic E-state index is 13.9. The van der Waals surface area contributed by atoms with Crippen molar-refractivity contribution in [3.05, 3.63) is 88.1 Å². The molecule has 0 spiro atoms. The Morgan fingerprint density at radius 1 is 1.00 bits per heavy atom. The minimum absolute atomic E-state index is 0.211. The first-order valence-electron chi connectivity index (χ1n) is 14.0. The number of thiophene rings is 1. The fourth-order valence-electron chi connectivity index (χ4n) is 4.77. The number of carbonyl (C=O) groups excluding carboxylic acids is 3. The van der Waals surface area contributed by atoms with Crippen LogP contribution in [-0.2, 0) is 22.4 Å². The summed E-state index contributed by atoms with van der Waals surface area (Å²) in [6.45, 7) is 5.99. The summed E-state index contributed by atoms with van der Waals surface area (Å²) in [5.41, 5.74) is 2.62. The summed E-state index contributed by atoms with van der Waals surface area (Å²) in [5.74, 6) is -2.13. The van der Waals surface area contributed by atoms with Gasteiger partial charge in [0.2, 0.25) is 0 Å². The van der Waals surface area contributed by atoms with Crippen LogP contribution in [0.1, 0.15) is 63.2 Å². The molecule has 11 nitrogen and oxygen atoms in total. The third kappa shape index (κ3) is 7.13. The molecule has 0 saturated carbocycles. The minimum atomic E-state index is -1.31. The highest BCUT2D eigenvalue weighted by Gasteiger charge is 2.27. The van der Waals surface area contributed by atoms with E-state index < -0.39 is 29.5 Å². The summed E-state index contributed by atoms with van der Waals surface area (Å²) < 4.78 is 16.3. The fraction of sp³-hybridized carbons (Fsp3) is 0.242. The lowest BCUT2D eigenvalue weighted by Crippen LogP contribution is -2.32. The van der Waals surface area contributed by atoms with Crippen LogP contribution in [0.5, 0.6) is 5.75 Å². The first kappa shape index (κ1) is 31.2. The van der Waals surface area contributed by atoms with E-state index in [1.807, 2.05) is 11.4 Å². The number of benzene rings is 2. The number of carboxylic acids is 1. The van der Waals surface area contributed by atoms with Gasteiger partial charge in [-0.15, -0.1) is 11.3 Å². The van der Waals surface area contributed by atoms with Crippen molar-refractivity contribution in [2.45, 2.75) is 39.3 Å². The first-order chi connectivity index (χ1) is 21.4. The summed E-state index contributed by atoms with van der Waals surface area (Å²) >= 11 is 1.53. The Labute approximate surface area is 263 Å². The van der Waals surface area contributed by atoms with Crippen LogP contribution in [0, 0.1) is 0 Å². The highest BCUT2D eigenvalue weighted by Crippen LogP contribution is 2.43. The molecule has 0 bridgehead atoms. The molecule has 232 valence electrons.